The van der Waals surface area contributed by atoms with Gasteiger partial charge in [0.05, 0.1) is 13.7 Å². The molecule has 0 radical (unpaired) electrons. The first-order valence-electron chi connectivity index (χ1n) is 11.3. The number of hydrogen-bond acceptors (Lipinski definition) is 4. The number of ether oxygens (including phenoxy) is 2. The number of rotatable bonds is 11. The highest BCUT2D eigenvalue weighted by Gasteiger charge is 2.30. The van der Waals surface area contributed by atoms with Crippen LogP contribution in [0.15, 0.2) is 48.5 Å². The fourth-order valence-electron chi connectivity index (χ4n) is 3.43. The van der Waals surface area contributed by atoms with Gasteiger partial charge in [0.1, 0.15) is 17.5 Å². The summed E-state index contributed by atoms with van der Waals surface area (Å²) < 4.78 is 11.0. The van der Waals surface area contributed by atoms with Crippen LogP contribution in [0.5, 0.6) is 11.5 Å². The minimum Gasteiger partial charge on any atom is -0.497 e. The molecule has 2 aromatic carbocycles. The predicted molar refractivity (Wildman–Crippen MR) is 132 cm³/mol. The van der Waals surface area contributed by atoms with Gasteiger partial charge in [0, 0.05) is 23.5 Å². The topological polar surface area (TPSA) is 67.9 Å². The van der Waals surface area contributed by atoms with Crippen molar-refractivity contribution < 1.29 is 19.1 Å². The number of carbonyl (C=O) groups excluding carboxylic acids is 2. The third-order valence-corrected chi connectivity index (χ3v) is 5.24. The molecule has 0 fully saturated rings. The molecular weight excluding hydrogens is 440 g/mol. The van der Waals surface area contributed by atoms with Crippen molar-refractivity contribution in [3.63, 3.8) is 0 Å². The van der Waals surface area contributed by atoms with Crippen LogP contribution in [-0.4, -0.2) is 42.0 Å². The molecule has 0 spiro atoms. The van der Waals surface area contributed by atoms with E-state index in [0.29, 0.717) is 42.5 Å². The lowest BCUT2D eigenvalue weighted by Gasteiger charge is -2.33. The van der Waals surface area contributed by atoms with Crippen LogP contribution in [-0.2, 0) is 16.1 Å². The van der Waals surface area contributed by atoms with Gasteiger partial charge in [0.25, 0.3) is 0 Å². The second kappa shape index (κ2) is 12.5. The molecule has 2 rings (SSSR count). The Morgan fingerprint density at radius 3 is 2.39 bits per heavy atom. The van der Waals surface area contributed by atoms with Crippen molar-refractivity contribution in [1.29, 1.82) is 0 Å². The average Bonchev–Trinajstić information content (AvgIpc) is 2.76. The molecule has 1 atom stereocenters. The Balaban J connectivity index is 2.10. The summed E-state index contributed by atoms with van der Waals surface area (Å²) >= 11 is 5.90. The molecule has 6 nitrogen and oxygen atoms in total. The van der Waals surface area contributed by atoms with Crippen molar-refractivity contribution in [2.24, 2.45) is 0 Å². The van der Waals surface area contributed by atoms with Gasteiger partial charge in [-0.25, -0.2) is 0 Å². The Morgan fingerprint density at radius 2 is 1.79 bits per heavy atom. The average molecular weight is 475 g/mol. The van der Waals surface area contributed by atoms with Crippen LogP contribution in [0.3, 0.4) is 0 Å². The SMILES string of the molecule is CC[C@H](C(=O)NC(C)(C)C)N(Cc1cccc(OC)c1)C(=O)CCCOc1ccc(Cl)cc1. The van der Waals surface area contributed by atoms with E-state index in [0.717, 1.165) is 5.56 Å². The van der Waals surface area contributed by atoms with Crippen LogP contribution < -0.4 is 14.8 Å². The van der Waals surface area contributed by atoms with Crippen LogP contribution in [0, 0.1) is 0 Å². The molecule has 1 N–H and O–H groups in total. The molecule has 0 aromatic heterocycles. The molecule has 0 aliphatic heterocycles. The zero-order valence-electron chi connectivity index (χ0n) is 20.2. The first kappa shape index (κ1) is 26.5. The van der Waals surface area contributed by atoms with Crippen molar-refractivity contribution in [2.75, 3.05) is 13.7 Å². The predicted octanol–water partition coefficient (Wildman–Crippen LogP) is 5.23. The van der Waals surface area contributed by atoms with E-state index in [1.165, 1.54) is 0 Å². The maximum Gasteiger partial charge on any atom is 0.243 e. The first-order valence-corrected chi connectivity index (χ1v) is 11.6. The second-order valence-electron chi connectivity index (χ2n) is 8.94. The lowest BCUT2D eigenvalue weighted by molar-refractivity contribution is -0.142. The number of carbonyl (C=O) groups is 2. The minimum absolute atomic E-state index is 0.0894. The molecule has 7 heteroatoms. The van der Waals surface area contributed by atoms with Gasteiger partial charge < -0.3 is 19.7 Å². The van der Waals surface area contributed by atoms with Crippen LogP contribution in [0.2, 0.25) is 5.02 Å². The molecule has 180 valence electrons. The molecule has 0 bridgehead atoms. The number of nitrogens with zero attached hydrogens (tertiary/aromatic N) is 1. The highest BCUT2D eigenvalue weighted by Crippen LogP contribution is 2.20. The summed E-state index contributed by atoms with van der Waals surface area (Å²) in [4.78, 5) is 28.0. The summed E-state index contributed by atoms with van der Waals surface area (Å²) in [5.41, 5.74) is 0.517. The molecule has 2 amide bonds. The Labute approximate surface area is 202 Å². The maximum atomic E-state index is 13.3. The first-order chi connectivity index (χ1) is 15.6. The van der Waals surface area contributed by atoms with E-state index in [1.54, 1.807) is 36.3 Å². The van der Waals surface area contributed by atoms with Gasteiger partial charge in [-0.2, -0.15) is 0 Å². The van der Waals surface area contributed by atoms with Crippen molar-refractivity contribution >= 4 is 23.4 Å². The number of amides is 2. The number of hydrogen-bond donors (Lipinski definition) is 1. The molecule has 0 aliphatic carbocycles. The Kier molecular flexibility index (Phi) is 10.0. The van der Waals surface area contributed by atoms with Gasteiger partial charge in [-0.15, -0.1) is 0 Å². The maximum absolute atomic E-state index is 13.3. The highest BCUT2D eigenvalue weighted by atomic mass is 35.5. The van der Waals surface area contributed by atoms with E-state index in [2.05, 4.69) is 5.32 Å². The molecule has 2 aromatic rings. The summed E-state index contributed by atoms with van der Waals surface area (Å²) in [5, 5.41) is 3.66. The number of nitrogens with one attached hydrogen (secondary N) is 1. The van der Waals surface area contributed by atoms with Gasteiger partial charge in [0.2, 0.25) is 11.8 Å². The fraction of sp³-hybridized carbons (Fsp3) is 0.462. The molecular formula is C26H35ClN2O4. The van der Waals surface area contributed by atoms with E-state index in [-0.39, 0.29) is 23.8 Å². The van der Waals surface area contributed by atoms with Gasteiger partial charge >= 0.3 is 0 Å². The molecule has 0 heterocycles. The van der Waals surface area contributed by atoms with Crippen LogP contribution >= 0.6 is 11.6 Å². The van der Waals surface area contributed by atoms with E-state index < -0.39 is 6.04 Å². The lowest BCUT2D eigenvalue weighted by Crippen LogP contribution is -2.53. The largest absolute Gasteiger partial charge is 0.497 e. The second-order valence-corrected chi connectivity index (χ2v) is 9.38. The third kappa shape index (κ3) is 8.97. The Bertz CT molecular complexity index is 909. The third-order valence-electron chi connectivity index (χ3n) is 4.99. The van der Waals surface area contributed by atoms with Crippen LogP contribution in [0.25, 0.3) is 0 Å². The summed E-state index contributed by atoms with van der Waals surface area (Å²) in [6, 6.07) is 14.1. The normalized spacial score (nSPS) is 12.1. The van der Waals surface area contributed by atoms with E-state index in [9.17, 15) is 9.59 Å². The summed E-state index contributed by atoms with van der Waals surface area (Å²) in [6.45, 7) is 8.43. The zero-order valence-corrected chi connectivity index (χ0v) is 20.9. The fourth-order valence-corrected chi connectivity index (χ4v) is 3.55. The summed E-state index contributed by atoms with van der Waals surface area (Å²) in [7, 11) is 1.61. The van der Waals surface area contributed by atoms with Gasteiger partial charge in [-0.05, 0) is 75.6 Å². The van der Waals surface area contributed by atoms with Crippen molar-refractivity contribution in [3.05, 3.63) is 59.1 Å². The lowest BCUT2D eigenvalue weighted by atomic mass is 10.0. The van der Waals surface area contributed by atoms with Crippen LogP contribution in [0.1, 0.15) is 52.5 Å². The summed E-state index contributed by atoms with van der Waals surface area (Å²) in [5.74, 6) is 1.17. The molecule has 0 saturated heterocycles. The monoisotopic (exact) mass is 474 g/mol. The molecule has 0 aliphatic rings. The van der Waals surface area contributed by atoms with Crippen molar-refractivity contribution in [1.82, 2.24) is 10.2 Å². The molecule has 0 saturated carbocycles. The van der Waals surface area contributed by atoms with Crippen molar-refractivity contribution in [3.8, 4) is 11.5 Å². The van der Waals surface area contributed by atoms with Gasteiger partial charge in [-0.3, -0.25) is 9.59 Å². The van der Waals surface area contributed by atoms with E-state index in [4.69, 9.17) is 21.1 Å². The number of benzene rings is 2. The van der Waals surface area contributed by atoms with Gasteiger partial charge in [-0.1, -0.05) is 30.7 Å². The number of methoxy groups -OCH3 is 1. The standard InChI is InChI=1S/C26H35ClN2O4/c1-6-23(25(31)28-26(2,3)4)29(18-19-9-7-10-22(17-19)32-5)24(30)11-8-16-33-21-14-12-20(27)13-15-21/h7,9-10,12-15,17,23H,6,8,11,16,18H2,1-5H3,(H,28,31)/t23-/m1/s1. The Hall–Kier alpha value is -2.73. The molecule has 0 unspecified atom stereocenters. The smallest absolute Gasteiger partial charge is 0.243 e. The summed E-state index contributed by atoms with van der Waals surface area (Å²) in [6.07, 6.45) is 1.32. The minimum atomic E-state index is -0.569. The van der Waals surface area contributed by atoms with Crippen molar-refractivity contribution in [2.45, 2.75) is 65.1 Å². The zero-order chi connectivity index (χ0) is 24.4. The van der Waals surface area contributed by atoms with E-state index >= 15 is 0 Å². The Morgan fingerprint density at radius 1 is 1.09 bits per heavy atom. The quantitative estimate of drug-likeness (QED) is 0.453. The highest BCUT2D eigenvalue weighted by molar-refractivity contribution is 6.30. The number of halogens is 1. The molecule has 33 heavy (non-hydrogen) atoms. The van der Waals surface area contributed by atoms with Crippen LogP contribution in [0.4, 0.5) is 0 Å². The van der Waals surface area contributed by atoms with E-state index in [1.807, 2.05) is 52.0 Å². The van der Waals surface area contributed by atoms with Gasteiger partial charge in [0.15, 0.2) is 0 Å².